The third kappa shape index (κ3) is 2.70. The van der Waals surface area contributed by atoms with E-state index in [2.05, 4.69) is 20.4 Å². The zero-order valence-corrected chi connectivity index (χ0v) is 13.5. The lowest BCUT2D eigenvalue weighted by Crippen LogP contribution is -2.14. The number of pyridine rings is 2. The predicted molar refractivity (Wildman–Crippen MR) is 87.0 cm³/mol. The smallest absolute Gasteiger partial charge is 0.259 e. The van der Waals surface area contributed by atoms with Gasteiger partial charge in [0.2, 0.25) is 0 Å². The van der Waals surface area contributed by atoms with Crippen LogP contribution in [0.25, 0.3) is 11.0 Å². The van der Waals surface area contributed by atoms with Gasteiger partial charge in [-0.25, -0.2) is 9.97 Å². The highest BCUT2D eigenvalue weighted by molar-refractivity contribution is 6.39. The van der Waals surface area contributed by atoms with Crippen molar-refractivity contribution in [3.8, 4) is 5.75 Å². The average Bonchev–Trinajstić information content (AvgIpc) is 2.83. The number of hydrogen-bond donors (Lipinski definition) is 1. The van der Waals surface area contributed by atoms with Gasteiger partial charge in [0, 0.05) is 13.2 Å². The summed E-state index contributed by atoms with van der Waals surface area (Å²) >= 11 is 6.37. The number of carbonyl (C=O) groups is 1. The number of methoxy groups -OCH3 is 1. The number of anilines is 1. The highest BCUT2D eigenvalue weighted by Crippen LogP contribution is 2.28. The second-order valence-corrected chi connectivity index (χ2v) is 5.31. The summed E-state index contributed by atoms with van der Waals surface area (Å²) < 4.78 is 6.65. The van der Waals surface area contributed by atoms with E-state index < -0.39 is 0 Å². The van der Waals surface area contributed by atoms with Gasteiger partial charge in [0.1, 0.15) is 11.6 Å². The molecule has 0 saturated carbocycles. The number of ether oxygens (including phenoxy) is 1. The summed E-state index contributed by atoms with van der Waals surface area (Å²) in [7, 11) is 3.33. The van der Waals surface area contributed by atoms with Gasteiger partial charge in [-0.1, -0.05) is 11.6 Å². The number of aryl methyl sites for hydroxylation is 2. The topological polar surface area (TPSA) is 81.9 Å². The number of nitrogens with one attached hydrogen (secondary N) is 1. The van der Waals surface area contributed by atoms with Crippen LogP contribution in [0.2, 0.25) is 5.02 Å². The zero-order valence-electron chi connectivity index (χ0n) is 12.8. The number of carbonyl (C=O) groups excluding carboxylic acids is 1. The summed E-state index contributed by atoms with van der Waals surface area (Å²) in [5, 5.41) is 7.95. The summed E-state index contributed by atoms with van der Waals surface area (Å²) in [6.07, 6.45) is 2.95. The number of rotatable bonds is 3. The van der Waals surface area contributed by atoms with Crippen molar-refractivity contribution in [2.45, 2.75) is 6.92 Å². The Morgan fingerprint density at radius 2 is 2.09 bits per heavy atom. The summed E-state index contributed by atoms with van der Waals surface area (Å²) in [5.74, 6) is 0.621. The van der Waals surface area contributed by atoms with Crippen LogP contribution in [0.15, 0.2) is 24.5 Å². The molecule has 7 nitrogen and oxygen atoms in total. The van der Waals surface area contributed by atoms with Gasteiger partial charge in [-0.2, -0.15) is 5.10 Å². The van der Waals surface area contributed by atoms with Crippen molar-refractivity contribution >= 4 is 34.4 Å². The molecule has 0 radical (unpaired) electrons. The quantitative estimate of drug-likeness (QED) is 0.797. The number of fused-ring (bicyclic) bond motifs is 1. The molecule has 0 unspecified atom stereocenters. The first kappa shape index (κ1) is 15.2. The van der Waals surface area contributed by atoms with E-state index >= 15 is 0 Å². The van der Waals surface area contributed by atoms with Crippen LogP contribution in [-0.2, 0) is 7.05 Å². The van der Waals surface area contributed by atoms with Crippen molar-refractivity contribution in [2.24, 2.45) is 7.05 Å². The Morgan fingerprint density at radius 1 is 1.30 bits per heavy atom. The van der Waals surface area contributed by atoms with Crippen molar-refractivity contribution in [3.05, 3.63) is 40.8 Å². The van der Waals surface area contributed by atoms with E-state index in [4.69, 9.17) is 16.3 Å². The van der Waals surface area contributed by atoms with Crippen LogP contribution in [0.4, 0.5) is 5.82 Å². The van der Waals surface area contributed by atoms with Crippen molar-refractivity contribution in [3.63, 3.8) is 0 Å². The van der Waals surface area contributed by atoms with Crippen LogP contribution in [0.3, 0.4) is 0 Å². The van der Waals surface area contributed by atoms with Crippen LogP contribution in [0.5, 0.6) is 5.75 Å². The predicted octanol–water partition coefficient (Wildman–Crippen LogP) is 2.59. The van der Waals surface area contributed by atoms with Crippen LogP contribution in [0.1, 0.15) is 16.1 Å². The first-order valence-corrected chi connectivity index (χ1v) is 7.18. The van der Waals surface area contributed by atoms with Gasteiger partial charge in [-0.3, -0.25) is 9.48 Å². The van der Waals surface area contributed by atoms with Crippen molar-refractivity contribution in [1.82, 2.24) is 19.7 Å². The molecule has 0 atom stereocenters. The molecular weight excluding hydrogens is 318 g/mol. The highest BCUT2D eigenvalue weighted by Gasteiger charge is 2.18. The molecule has 3 aromatic heterocycles. The second kappa shape index (κ2) is 5.85. The molecule has 8 heteroatoms. The lowest BCUT2D eigenvalue weighted by Gasteiger charge is -2.07. The fourth-order valence-electron chi connectivity index (χ4n) is 2.29. The molecule has 0 bridgehead atoms. The molecule has 0 aromatic carbocycles. The normalized spacial score (nSPS) is 10.8. The van der Waals surface area contributed by atoms with E-state index in [-0.39, 0.29) is 11.5 Å². The molecule has 0 fully saturated rings. The van der Waals surface area contributed by atoms with E-state index in [1.54, 1.807) is 31.0 Å². The minimum atomic E-state index is -0.384. The molecule has 0 aliphatic heterocycles. The van der Waals surface area contributed by atoms with Gasteiger partial charge in [0.15, 0.2) is 5.65 Å². The maximum atomic E-state index is 12.4. The van der Waals surface area contributed by atoms with Crippen LogP contribution in [0, 0.1) is 6.92 Å². The van der Waals surface area contributed by atoms with Crippen molar-refractivity contribution in [1.29, 1.82) is 0 Å². The van der Waals surface area contributed by atoms with Crippen LogP contribution < -0.4 is 10.1 Å². The number of hydrogen-bond acceptors (Lipinski definition) is 5. The van der Waals surface area contributed by atoms with Crippen LogP contribution >= 0.6 is 11.6 Å². The molecule has 0 aliphatic rings. The Morgan fingerprint density at radius 3 is 2.74 bits per heavy atom. The minimum Gasteiger partial charge on any atom is -0.495 e. The van der Waals surface area contributed by atoms with Crippen molar-refractivity contribution in [2.75, 3.05) is 12.4 Å². The van der Waals surface area contributed by atoms with E-state index in [9.17, 15) is 4.79 Å². The largest absolute Gasteiger partial charge is 0.495 e. The molecule has 0 spiro atoms. The Kier molecular flexibility index (Phi) is 3.87. The summed E-state index contributed by atoms with van der Waals surface area (Å²) in [6.45, 7) is 1.82. The first-order valence-electron chi connectivity index (χ1n) is 6.80. The number of halogens is 1. The fraction of sp³-hybridized carbons (Fsp3) is 0.200. The average molecular weight is 332 g/mol. The standard InChI is InChI=1S/C15H14ClN5O2/c1-8-12-13(16)10(7-18-14(12)21(2)20-8)15(22)19-11-5-4-9(23-3)6-17-11/h4-7H,1-3H3,(H,17,19,22). The zero-order chi connectivity index (χ0) is 16.6. The van der Waals surface area contributed by atoms with E-state index in [0.29, 0.717) is 27.6 Å². The van der Waals surface area contributed by atoms with E-state index in [0.717, 1.165) is 5.69 Å². The third-order valence-electron chi connectivity index (χ3n) is 3.42. The maximum Gasteiger partial charge on any atom is 0.259 e. The lowest BCUT2D eigenvalue weighted by molar-refractivity contribution is 0.102. The van der Waals surface area contributed by atoms with Gasteiger partial charge >= 0.3 is 0 Å². The molecule has 3 heterocycles. The van der Waals surface area contributed by atoms with E-state index in [1.165, 1.54) is 12.4 Å². The van der Waals surface area contributed by atoms with Gasteiger partial charge in [-0.15, -0.1) is 0 Å². The first-order chi connectivity index (χ1) is 11.0. The van der Waals surface area contributed by atoms with Gasteiger partial charge in [0.05, 0.1) is 35.0 Å². The Hall–Kier alpha value is -2.67. The molecule has 3 aromatic rings. The summed E-state index contributed by atoms with van der Waals surface area (Å²) in [4.78, 5) is 20.8. The molecule has 118 valence electrons. The molecule has 0 aliphatic carbocycles. The summed E-state index contributed by atoms with van der Waals surface area (Å²) in [5.41, 5.74) is 1.62. The Labute approximate surface area is 137 Å². The van der Waals surface area contributed by atoms with E-state index in [1.807, 2.05) is 6.92 Å². The highest BCUT2D eigenvalue weighted by atomic mass is 35.5. The summed E-state index contributed by atoms with van der Waals surface area (Å²) in [6, 6.07) is 3.35. The molecule has 3 rings (SSSR count). The fourth-order valence-corrected chi connectivity index (χ4v) is 2.64. The third-order valence-corrected chi connectivity index (χ3v) is 3.81. The lowest BCUT2D eigenvalue weighted by atomic mass is 10.2. The second-order valence-electron chi connectivity index (χ2n) is 4.93. The van der Waals surface area contributed by atoms with Crippen LogP contribution in [-0.4, -0.2) is 32.8 Å². The van der Waals surface area contributed by atoms with Crippen molar-refractivity contribution < 1.29 is 9.53 Å². The van der Waals surface area contributed by atoms with Gasteiger partial charge in [0.25, 0.3) is 5.91 Å². The molecular formula is C15H14ClN5O2. The SMILES string of the molecule is COc1ccc(NC(=O)c2cnc3c(c(C)nn3C)c2Cl)nc1. The monoisotopic (exact) mass is 331 g/mol. The van der Waals surface area contributed by atoms with Gasteiger partial charge in [-0.05, 0) is 19.1 Å². The molecule has 0 saturated heterocycles. The Bertz CT molecular complexity index is 889. The number of amides is 1. The molecule has 1 N–H and O–H groups in total. The number of aromatic nitrogens is 4. The molecule has 1 amide bonds. The maximum absolute atomic E-state index is 12.4. The number of nitrogens with zero attached hydrogens (tertiary/aromatic N) is 4. The molecule has 23 heavy (non-hydrogen) atoms. The Balaban J connectivity index is 1.94. The minimum absolute atomic E-state index is 0.271. The van der Waals surface area contributed by atoms with Gasteiger partial charge < -0.3 is 10.1 Å².